The van der Waals surface area contributed by atoms with Crippen LogP contribution in [0.15, 0.2) is 23.1 Å². The van der Waals surface area contributed by atoms with Gasteiger partial charge >= 0.3 is 5.69 Å². The van der Waals surface area contributed by atoms with Crippen LogP contribution in [0.1, 0.15) is 13.8 Å². The molecule has 22 heavy (non-hydrogen) atoms. The van der Waals surface area contributed by atoms with Gasteiger partial charge in [0.25, 0.3) is 0 Å². The lowest BCUT2D eigenvalue weighted by atomic mass is 10.3. The molecule has 0 unspecified atom stereocenters. The first kappa shape index (κ1) is 18.3. The summed E-state index contributed by atoms with van der Waals surface area (Å²) >= 11 is 0. The monoisotopic (exact) mass is 332 g/mol. The number of rotatable bonds is 4. The van der Waals surface area contributed by atoms with Gasteiger partial charge in [0, 0.05) is 19.2 Å². The molecule has 1 aromatic carbocycles. The Morgan fingerprint density at radius 3 is 2.36 bits per heavy atom. The molecule has 1 fully saturated rings. The van der Waals surface area contributed by atoms with E-state index in [4.69, 9.17) is 9.47 Å². The van der Waals surface area contributed by atoms with Crippen molar-refractivity contribution in [3.63, 3.8) is 0 Å². The summed E-state index contributed by atoms with van der Waals surface area (Å²) in [4.78, 5) is 10.1. The molecule has 0 aromatic heterocycles. The predicted octanol–water partition coefficient (Wildman–Crippen LogP) is 1.65. The largest absolute Gasteiger partial charge is 0.490 e. The summed E-state index contributed by atoms with van der Waals surface area (Å²) in [6.45, 7) is 5.11. The Bertz CT molecular complexity index is 611. The maximum atomic E-state index is 12.4. The standard InChI is InChI=1S/C11H14N2O6S.C2H6/c1-18-11-3-2-9(8-10(11)13(14)15)20(16,17)12-4-6-19-7-5-12;1-2/h2-3,8H,4-7H2,1H3;1-2H3. The zero-order chi connectivity index (χ0) is 16.8. The van der Waals surface area contributed by atoms with E-state index in [-0.39, 0.29) is 29.4 Å². The number of benzene rings is 1. The Kier molecular flexibility index (Phi) is 6.72. The molecule has 0 aliphatic carbocycles. The fraction of sp³-hybridized carbons (Fsp3) is 0.538. The number of methoxy groups -OCH3 is 1. The third-order valence-electron chi connectivity index (χ3n) is 2.95. The highest BCUT2D eigenvalue weighted by atomic mass is 32.2. The van der Waals surface area contributed by atoms with Crippen molar-refractivity contribution in [1.29, 1.82) is 0 Å². The second-order valence-corrected chi connectivity index (χ2v) is 6.05. The topological polar surface area (TPSA) is 99.0 Å². The smallest absolute Gasteiger partial charge is 0.312 e. The molecule has 124 valence electrons. The number of ether oxygens (including phenoxy) is 2. The predicted molar refractivity (Wildman–Crippen MR) is 80.6 cm³/mol. The summed E-state index contributed by atoms with van der Waals surface area (Å²) in [5.74, 6) is 0.0240. The van der Waals surface area contributed by atoms with E-state index in [1.807, 2.05) is 13.8 Å². The Morgan fingerprint density at radius 1 is 1.27 bits per heavy atom. The SMILES string of the molecule is CC.COc1ccc(S(=O)(=O)N2CCOCC2)cc1[N+](=O)[O-]. The fourth-order valence-electron chi connectivity index (χ4n) is 1.91. The van der Waals surface area contributed by atoms with Crippen molar-refractivity contribution in [3.05, 3.63) is 28.3 Å². The molecule has 0 amide bonds. The van der Waals surface area contributed by atoms with E-state index in [0.717, 1.165) is 6.07 Å². The van der Waals surface area contributed by atoms with Crippen molar-refractivity contribution in [2.75, 3.05) is 33.4 Å². The molecule has 1 heterocycles. The van der Waals surface area contributed by atoms with Crippen LogP contribution in [-0.4, -0.2) is 51.1 Å². The van der Waals surface area contributed by atoms with Crippen molar-refractivity contribution in [3.8, 4) is 5.75 Å². The lowest BCUT2D eigenvalue weighted by Crippen LogP contribution is -2.40. The molecule has 8 nitrogen and oxygen atoms in total. The van der Waals surface area contributed by atoms with Crippen LogP contribution in [-0.2, 0) is 14.8 Å². The van der Waals surface area contributed by atoms with Gasteiger partial charge in [0.15, 0.2) is 5.75 Å². The van der Waals surface area contributed by atoms with E-state index >= 15 is 0 Å². The summed E-state index contributed by atoms with van der Waals surface area (Å²) in [5.41, 5.74) is -0.373. The fourth-order valence-corrected chi connectivity index (χ4v) is 3.34. The number of sulfonamides is 1. The number of hydrogen-bond acceptors (Lipinski definition) is 6. The lowest BCUT2D eigenvalue weighted by molar-refractivity contribution is -0.386. The zero-order valence-corrected chi connectivity index (χ0v) is 13.6. The third-order valence-corrected chi connectivity index (χ3v) is 4.85. The first-order valence-electron chi connectivity index (χ1n) is 6.87. The molecule has 1 aromatic rings. The van der Waals surface area contributed by atoms with Crippen molar-refractivity contribution in [2.24, 2.45) is 0 Å². The van der Waals surface area contributed by atoms with Gasteiger partial charge in [-0.2, -0.15) is 4.31 Å². The van der Waals surface area contributed by atoms with Crippen molar-refractivity contribution < 1.29 is 22.8 Å². The van der Waals surface area contributed by atoms with E-state index in [9.17, 15) is 18.5 Å². The number of nitro groups is 1. The minimum absolute atomic E-state index is 0.0240. The Labute approximate surface area is 129 Å². The average Bonchev–Trinajstić information content (AvgIpc) is 2.56. The molecule has 9 heteroatoms. The highest BCUT2D eigenvalue weighted by Crippen LogP contribution is 2.30. The van der Waals surface area contributed by atoms with Crippen LogP contribution >= 0.6 is 0 Å². The lowest BCUT2D eigenvalue weighted by Gasteiger charge is -2.26. The Morgan fingerprint density at radius 2 is 1.86 bits per heavy atom. The van der Waals surface area contributed by atoms with Gasteiger partial charge in [0.2, 0.25) is 10.0 Å². The number of morpholine rings is 1. The van der Waals surface area contributed by atoms with Gasteiger partial charge in [-0.3, -0.25) is 10.1 Å². The van der Waals surface area contributed by atoms with Gasteiger partial charge < -0.3 is 9.47 Å². The molecule has 0 saturated carbocycles. The maximum Gasteiger partial charge on any atom is 0.312 e. The van der Waals surface area contributed by atoms with Gasteiger partial charge in [-0.15, -0.1) is 0 Å². The molecule has 0 radical (unpaired) electrons. The van der Waals surface area contributed by atoms with E-state index in [0.29, 0.717) is 13.2 Å². The summed E-state index contributed by atoms with van der Waals surface area (Å²) < 4.78 is 35.9. The summed E-state index contributed by atoms with van der Waals surface area (Å²) in [6, 6.07) is 3.60. The summed E-state index contributed by atoms with van der Waals surface area (Å²) in [6.07, 6.45) is 0. The van der Waals surface area contributed by atoms with Crippen LogP contribution in [0.4, 0.5) is 5.69 Å². The molecule has 1 saturated heterocycles. The molecule has 0 bridgehead atoms. The molecular weight excluding hydrogens is 312 g/mol. The molecular formula is C13H20N2O6S. The Balaban J connectivity index is 0.00000116. The average molecular weight is 332 g/mol. The number of nitro benzene ring substituents is 1. The molecule has 1 aliphatic rings. The quantitative estimate of drug-likeness (QED) is 0.614. The maximum absolute atomic E-state index is 12.4. The highest BCUT2D eigenvalue weighted by molar-refractivity contribution is 7.89. The third kappa shape index (κ3) is 3.93. The van der Waals surface area contributed by atoms with Crippen LogP contribution in [0.3, 0.4) is 0 Å². The van der Waals surface area contributed by atoms with E-state index < -0.39 is 14.9 Å². The van der Waals surface area contributed by atoms with Gasteiger partial charge in [-0.05, 0) is 12.1 Å². The minimum Gasteiger partial charge on any atom is -0.490 e. The van der Waals surface area contributed by atoms with Gasteiger partial charge in [0.1, 0.15) is 0 Å². The number of nitrogens with zero attached hydrogens (tertiary/aromatic N) is 2. The van der Waals surface area contributed by atoms with E-state index in [2.05, 4.69) is 0 Å². The highest BCUT2D eigenvalue weighted by Gasteiger charge is 2.29. The zero-order valence-electron chi connectivity index (χ0n) is 12.8. The second-order valence-electron chi connectivity index (χ2n) is 4.11. The van der Waals surface area contributed by atoms with Crippen molar-refractivity contribution in [2.45, 2.75) is 18.7 Å². The molecule has 1 aliphatic heterocycles. The van der Waals surface area contributed by atoms with Crippen LogP contribution in [0.2, 0.25) is 0 Å². The summed E-state index contributed by atoms with van der Waals surface area (Å²) in [7, 11) is -2.46. The number of hydrogen-bond donors (Lipinski definition) is 0. The molecule has 2 rings (SSSR count). The van der Waals surface area contributed by atoms with E-state index in [1.54, 1.807) is 0 Å². The summed E-state index contributed by atoms with van der Waals surface area (Å²) in [5, 5.41) is 10.9. The van der Waals surface area contributed by atoms with Gasteiger partial charge in [-0.25, -0.2) is 8.42 Å². The first-order chi connectivity index (χ1) is 10.5. The van der Waals surface area contributed by atoms with Crippen molar-refractivity contribution in [1.82, 2.24) is 4.31 Å². The van der Waals surface area contributed by atoms with Crippen LogP contribution in [0, 0.1) is 10.1 Å². The second kappa shape index (κ2) is 8.06. The first-order valence-corrected chi connectivity index (χ1v) is 8.31. The van der Waals surface area contributed by atoms with Crippen LogP contribution < -0.4 is 4.74 Å². The van der Waals surface area contributed by atoms with Crippen molar-refractivity contribution >= 4 is 15.7 Å². The van der Waals surface area contributed by atoms with Gasteiger partial charge in [-0.1, -0.05) is 13.8 Å². The van der Waals surface area contributed by atoms with Gasteiger partial charge in [0.05, 0.1) is 30.1 Å². The Hall–Kier alpha value is -1.71. The normalized spacial score (nSPS) is 15.6. The molecule has 0 spiro atoms. The molecule has 0 N–H and O–H groups in total. The van der Waals surface area contributed by atoms with E-state index in [1.165, 1.54) is 23.5 Å². The van der Waals surface area contributed by atoms with Crippen LogP contribution in [0.5, 0.6) is 5.75 Å². The minimum atomic E-state index is -3.75. The molecule has 0 atom stereocenters. The van der Waals surface area contributed by atoms with Crippen LogP contribution in [0.25, 0.3) is 0 Å².